The minimum atomic E-state index is -3.46. The fourth-order valence-corrected chi connectivity index (χ4v) is 3.97. The van der Waals surface area contributed by atoms with Gasteiger partial charge in [0.1, 0.15) is 5.25 Å². The molecule has 1 heterocycles. The molecule has 7 heteroatoms. The third kappa shape index (κ3) is 4.81. The van der Waals surface area contributed by atoms with Gasteiger partial charge < -0.3 is 5.32 Å². The highest BCUT2D eigenvalue weighted by Crippen LogP contribution is 2.34. The van der Waals surface area contributed by atoms with E-state index < -0.39 is 21.0 Å². The van der Waals surface area contributed by atoms with Gasteiger partial charge in [-0.2, -0.15) is 0 Å². The Kier molecular flexibility index (Phi) is 5.72. The fourth-order valence-electron chi connectivity index (χ4n) is 2.53. The zero-order valence-corrected chi connectivity index (χ0v) is 16.7. The van der Waals surface area contributed by atoms with Crippen LogP contribution in [0.2, 0.25) is 0 Å². The van der Waals surface area contributed by atoms with Gasteiger partial charge in [0.2, 0.25) is 5.91 Å². The minimum Gasteiger partial charge on any atom is -0.301 e. The Morgan fingerprint density at radius 3 is 2.26 bits per heavy atom. The van der Waals surface area contributed by atoms with Gasteiger partial charge in [0.05, 0.1) is 10.6 Å². The number of carbonyl (C=O) groups excluding carboxylic acids is 1. The van der Waals surface area contributed by atoms with Crippen LogP contribution in [0.15, 0.2) is 60.7 Å². The molecule has 1 N–H and O–H groups in total. The van der Waals surface area contributed by atoms with Crippen LogP contribution in [0.1, 0.15) is 18.2 Å². The fraction of sp³-hybridized carbons (Fsp3) is 0.200. The van der Waals surface area contributed by atoms with Crippen LogP contribution in [0, 0.1) is 0 Å². The Hall–Kier alpha value is -2.51. The molecule has 0 aliphatic rings. The van der Waals surface area contributed by atoms with Gasteiger partial charge in [-0.05, 0) is 18.1 Å². The van der Waals surface area contributed by atoms with Crippen LogP contribution in [-0.4, -0.2) is 30.8 Å². The van der Waals surface area contributed by atoms with Gasteiger partial charge >= 0.3 is 0 Å². The Balaban J connectivity index is 1.93. The second kappa shape index (κ2) is 8.02. The van der Waals surface area contributed by atoms with E-state index in [1.807, 2.05) is 60.7 Å². The first-order chi connectivity index (χ1) is 12.8. The number of hydrogen-bond acceptors (Lipinski definition) is 5. The molecule has 5 nitrogen and oxygen atoms in total. The molecule has 1 aromatic heterocycles. The summed E-state index contributed by atoms with van der Waals surface area (Å²) in [5.74, 6) is -0.572. The zero-order chi connectivity index (χ0) is 19.4. The predicted octanol–water partition coefficient (Wildman–Crippen LogP) is 3.77. The van der Waals surface area contributed by atoms with E-state index in [0.29, 0.717) is 11.6 Å². The largest absolute Gasteiger partial charge is 0.301 e. The van der Waals surface area contributed by atoms with Crippen molar-refractivity contribution in [2.24, 2.45) is 0 Å². The van der Waals surface area contributed by atoms with Crippen LogP contribution in [0.3, 0.4) is 0 Å². The van der Waals surface area contributed by atoms with Crippen molar-refractivity contribution in [3.05, 3.63) is 71.9 Å². The molecule has 1 atom stereocenters. The maximum Gasteiger partial charge on any atom is 0.244 e. The van der Waals surface area contributed by atoms with Crippen molar-refractivity contribution in [2.45, 2.75) is 18.6 Å². The van der Waals surface area contributed by atoms with Gasteiger partial charge in [-0.15, -0.1) is 0 Å². The number of hydrogen-bond donors (Lipinski definition) is 1. The Labute approximate surface area is 163 Å². The summed E-state index contributed by atoms with van der Waals surface area (Å²) >= 11 is 1.35. The average Bonchev–Trinajstić information content (AvgIpc) is 3.04. The smallest absolute Gasteiger partial charge is 0.244 e. The number of sulfone groups is 1. The van der Waals surface area contributed by atoms with Crippen LogP contribution in [0.4, 0.5) is 5.13 Å². The molecule has 0 radical (unpaired) electrons. The Morgan fingerprint density at radius 2 is 1.67 bits per heavy atom. The maximum absolute atomic E-state index is 12.3. The summed E-state index contributed by atoms with van der Waals surface area (Å²) in [4.78, 5) is 17.8. The molecule has 0 fully saturated rings. The average molecular weight is 401 g/mol. The highest BCUT2D eigenvalue weighted by molar-refractivity contribution is 7.92. The highest BCUT2D eigenvalue weighted by atomic mass is 32.2. The molecule has 140 valence electrons. The number of thiazole rings is 1. The molecule has 3 aromatic rings. The van der Waals surface area contributed by atoms with E-state index in [9.17, 15) is 13.2 Å². The SMILES string of the molecule is C[C@H](C(=O)Nc1nc(Cc2ccccc2)c(-c2ccccc2)s1)S(C)(=O)=O. The van der Waals surface area contributed by atoms with E-state index in [-0.39, 0.29) is 0 Å². The Bertz CT molecular complexity index is 1030. The second-order valence-corrected chi connectivity index (χ2v) is 9.65. The summed E-state index contributed by atoms with van der Waals surface area (Å²) in [6.07, 6.45) is 1.67. The third-order valence-electron chi connectivity index (χ3n) is 4.19. The standard InChI is InChI=1S/C20H20N2O3S2/c1-14(27(2,24)25)19(23)22-20-21-17(13-15-9-5-3-6-10-15)18(26-20)16-11-7-4-8-12-16/h3-12,14H,13H2,1-2H3,(H,21,22,23)/t14-/m1/s1. The number of nitrogens with one attached hydrogen (secondary N) is 1. The van der Waals surface area contributed by atoms with Gasteiger partial charge in [-0.25, -0.2) is 13.4 Å². The number of nitrogens with zero attached hydrogens (tertiary/aromatic N) is 1. The molecule has 0 bridgehead atoms. The lowest BCUT2D eigenvalue weighted by Gasteiger charge is -2.07. The van der Waals surface area contributed by atoms with E-state index >= 15 is 0 Å². The normalized spacial score (nSPS) is 12.5. The van der Waals surface area contributed by atoms with E-state index in [0.717, 1.165) is 28.0 Å². The van der Waals surface area contributed by atoms with Gasteiger partial charge in [0, 0.05) is 12.7 Å². The zero-order valence-electron chi connectivity index (χ0n) is 15.0. The molecule has 0 spiro atoms. The van der Waals surface area contributed by atoms with E-state index in [1.54, 1.807) is 0 Å². The minimum absolute atomic E-state index is 0.403. The highest BCUT2D eigenvalue weighted by Gasteiger charge is 2.25. The molecule has 1 amide bonds. The summed E-state index contributed by atoms with van der Waals surface area (Å²) in [5, 5.41) is 1.93. The lowest BCUT2D eigenvalue weighted by atomic mass is 10.1. The first-order valence-electron chi connectivity index (χ1n) is 8.43. The number of anilines is 1. The first-order valence-corrected chi connectivity index (χ1v) is 11.2. The molecule has 2 aromatic carbocycles. The van der Waals surface area contributed by atoms with E-state index in [4.69, 9.17) is 0 Å². The number of amides is 1. The number of benzene rings is 2. The van der Waals surface area contributed by atoms with E-state index in [1.165, 1.54) is 18.3 Å². The van der Waals surface area contributed by atoms with Crippen LogP contribution < -0.4 is 5.32 Å². The van der Waals surface area contributed by atoms with E-state index in [2.05, 4.69) is 10.3 Å². The molecule has 0 unspecified atom stereocenters. The number of aromatic nitrogens is 1. The lowest BCUT2D eigenvalue weighted by Crippen LogP contribution is -2.31. The molecule has 0 saturated heterocycles. The summed E-state index contributed by atoms with van der Waals surface area (Å²) in [7, 11) is -3.46. The molecule has 27 heavy (non-hydrogen) atoms. The Morgan fingerprint density at radius 1 is 1.07 bits per heavy atom. The quantitative estimate of drug-likeness (QED) is 0.683. The monoisotopic (exact) mass is 400 g/mol. The van der Waals surface area contributed by atoms with Crippen molar-refractivity contribution >= 4 is 32.2 Å². The van der Waals surface area contributed by atoms with Crippen molar-refractivity contribution in [2.75, 3.05) is 11.6 Å². The van der Waals surface area contributed by atoms with Crippen LogP contribution in [0.5, 0.6) is 0 Å². The predicted molar refractivity (Wildman–Crippen MR) is 110 cm³/mol. The summed E-state index contributed by atoms with van der Waals surface area (Å²) in [6.45, 7) is 1.38. The van der Waals surface area contributed by atoms with Gasteiger partial charge in [0.15, 0.2) is 15.0 Å². The molecule has 0 aliphatic carbocycles. The van der Waals surface area contributed by atoms with Crippen molar-refractivity contribution < 1.29 is 13.2 Å². The van der Waals surface area contributed by atoms with Gasteiger partial charge in [-0.3, -0.25) is 4.79 Å². The number of carbonyl (C=O) groups is 1. The molecular formula is C20H20N2O3S2. The van der Waals surface area contributed by atoms with Crippen molar-refractivity contribution in [1.82, 2.24) is 4.98 Å². The van der Waals surface area contributed by atoms with Gasteiger partial charge in [-0.1, -0.05) is 72.0 Å². The second-order valence-electron chi connectivity index (χ2n) is 6.28. The lowest BCUT2D eigenvalue weighted by molar-refractivity contribution is -0.115. The third-order valence-corrected chi connectivity index (χ3v) is 6.75. The summed E-state index contributed by atoms with van der Waals surface area (Å²) in [5.41, 5.74) is 2.97. The van der Waals surface area contributed by atoms with Crippen LogP contribution >= 0.6 is 11.3 Å². The van der Waals surface area contributed by atoms with Crippen molar-refractivity contribution in [1.29, 1.82) is 0 Å². The van der Waals surface area contributed by atoms with Crippen molar-refractivity contribution in [3.63, 3.8) is 0 Å². The topological polar surface area (TPSA) is 76.1 Å². The molecule has 0 saturated carbocycles. The first kappa shape index (κ1) is 19.3. The number of rotatable bonds is 6. The van der Waals surface area contributed by atoms with Crippen LogP contribution in [0.25, 0.3) is 10.4 Å². The molecule has 0 aliphatic heterocycles. The summed E-state index contributed by atoms with van der Waals surface area (Å²) < 4.78 is 23.2. The summed E-state index contributed by atoms with van der Waals surface area (Å²) in [6, 6.07) is 19.8. The van der Waals surface area contributed by atoms with Gasteiger partial charge in [0.25, 0.3) is 0 Å². The van der Waals surface area contributed by atoms with Crippen molar-refractivity contribution in [3.8, 4) is 10.4 Å². The van der Waals surface area contributed by atoms with Crippen LogP contribution in [-0.2, 0) is 21.1 Å². The molecular weight excluding hydrogens is 380 g/mol. The molecule has 3 rings (SSSR count). The maximum atomic E-state index is 12.3.